The zero-order chi connectivity index (χ0) is 8.85. The van der Waals surface area contributed by atoms with Crippen LogP contribution in [0.4, 0.5) is 0 Å². The van der Waals surface area contributed by atoms with Crippen LogP contribution in [0, 0.1) is 0 Å². The molecule has 0 spiro atoms. The summed E-state index contributed by atoms with van der Waals surface area (Å²) in [5, 5.41) is 0. The summed E-state index contributed by atoms with van der Waals surface area (Å²) >= 11 is 0. The van der Waals surface area contributed by atoms with Crippen LogP contribution in [0.5, 0.6) is 0 Å². The van der Waals surface area contributed by atoms with Crippen LogP contribution in [0.15, 0.2) is 16.8 Å². The van der Waals surface area contributed by atoms with E-state index >= 15 is 0 Å². The minimum absolute atomic E-state index is 0.111. The van der Waals surface area contributed by atoms with Crippen LogP contribution in [0.2, 0.25) is 0 Å². The molecule has 0 bridgehead atoms. The highest BCUT2D eigenvalue weighted by Gasteiger charge is 1.97. The maximum absolute atomic E-state index is 10.7. The Balaban J connectivity index is 4.40. The number of rotatable bonds is 3. The standard InChI is InChI=1S/C8H14N2O/c1-4-7(10-3)5-8(9)6(2)11/h5H,4,9H2,1-3H3. The van der Waals surface area contributed by atoms with Gasteiger partial charge in [-0.1, -0.05) is 6.92 Å². The molecule has 3 heteroatoms. The highest BCUT2D eigenvalue weighted by Crippen LogP contribution is 1.92. The van der Waals surface area contributed by atoms with E-state index < -0.39 is 0 Å². The van der Waals surface area contributed by atoms with Crippen molar-refractivity contribution in [1.82, 2.24) is 0 Å². The topological polar surface area (TPSA) is 55.5 Å². The fourth-order valence-electron chi connectivity index (χ4n) is 0.606. The molecular formula is C8H14N2O. The maximum Gasteiger partial charge on any atom is 0.175 e. The van der Waals surface area contributed by atoms with Crippen molar-refractivity contribution >= 4 is 11.5 Å². The lowest BCUT2D eigenvalue weighted by molar-refractivity contribution is -0.113. The highest BCUT2D eigenvalue weighted by molar-refractivity contribution is 6.03. The van der Waals surface area contributed by atoms with Gasteiger partial charge in [0, 0.05) is 19.7 Å². The number of carbonyl (C=O) groups excluding carboxylic acids is 1. The summed E-state index contributed by atoms with van der Waals surface area (Å²) in [6, 6.07) is 0. The number of ketones is 1. The Morgan fingerprint density at radius 2 is 2.18 bits per heavy atom. The predicted octanol–water partition coefficient (Wildman–Crippen LogP) is 0.899. The molecule has 2 N–H and O–H groups in total. The summed E-state index contributed by atoms with van der Waals surface area (Å²) in [6.45, 7) is 3.40. The molecule has 0 aliphatic rings. The van der Waals surface area contributed by atoms with Crippen molar-refractivity contribution in [1.29, 1.82) is 0 Å². The van der Waals surface area contributed by atoms with E-state index in [1.54, 1.807) is 13.1 Å². The van der Waals surface area contributed by atoms with Crippen molar-refractivity contribution in [3.05, 3.63) is 11.8 Å². The minimum Gasteiger partial charge on any atom is -0.396 e. The summed E-state index contributed by atoms with van der Waals surface area (Å²) < 4.78 is 0. The monoisotopic (exact) mass is 154 g/mol. The second-order valence-electron chi connectivity index (χ2n) is 2.22. The molecule has 0 saturated heterocycles. The van der Waals surface area contributed by atoms with E-state index in [-0.39, 0.29) is 11.5 Å². The number of carbonyl (C=O) groups is 1. The zero-order valence-electron chi connectivity index (χ0n) is 7.22. The second kappa shape index (κ2) is 4.66. The highest BCUT2D eigenvalue weighted by atomic mass is 16.1. The third-order valence-corrected chi connectivity index (χ3v) is 1.38. The van der Waals surface area contributed by atoms with E-state index in [4.69, 9.17) is 5.73 Å². The maximum atomic E-state index is 10.7. The Bertz CT molecular complexity index is 204. The Morgan fingerprint density at radius 1 is 1.64 bits per heavy atom. The molecule has 0 amide bonds. The van der Waals surface area contributed by atoms with Crippen LogP contribution < -0.4 is 5.73 Å². The molecular weight excluding hydrogens is 140 g/mol. The molecule has 0 fully saturated rings. The third-order valence-electron chi connectivity index (χ3n) is 1.38. The van der Waals surface area contributed by atoms with Gasteiger partial charge < -0.3 is 5.73 Å². The first kappa shape index (κ1) is 9.88. The average molecular weight is 154 g/mol. The van der Waals surface area contributed by atoms with Crippen LogP contribution in [-0.4, -0.2) is 18.5 Å². The van der Waals surface area contributed by atoms with Gasteiger partial charge in [0.05, 0.1) is 5.70 Å². The van der Waals surface area contributed by atoms with Gasteiger partial charge in [-0.3, -0.25) is 9.79 Å². The van der Waals surface area contributed by atoms with Gasteiger partial charge in [-0.2, -0.15) is 0 Å². The fourth-order valence-corrected chi connectivity index (χ4v) is 0.606. The van der Waals surface area contributed by atoms with Crippen LogP contribution in [0.3, 0.4) is 0 Å². The van der Waals surface area contributed by atoms with Gasteiger partial charge >= 0.3 is 0 Å². The van der Waals surface area contributed by atoms with E-state index in [9.17, 15) is 4.79 Å². The van der Waals surface area contributed by atoms with Gasteiger partial charge in [0.1, 0.15) is 0 Å². The summed E-state index contributed by atoms with van der Waals surface area (Å²) in [5.41, 5.74) is 6.52. The number of aliphatic imine (C=N–C) groups is 1. The van der Waals surface area contributed by atoms with Gasteiger partial charge in [-0.25, -0.2) is 0 Å². The van der Waals surface area contributed by atoms with E-state index in [0.717, 1.165) is 12.1 Å². The molecule has 0 radical (unpaired) electrons. The van der Waals surface area contributed by atoms with Crippen molar-refractivity contribution in [2.75, 3.05) is 7.05 Å². The molecule has 3 nitrogen and oxygen atoms in total. The molecule has 11 heavy (non-hydrogen) atoms. The first-order valence-corrected chi connectivity index (χ1v) is 3.55. The van der Waals surface area contributed by atoms with Crippen molar-refractivity contribution < 1.29 is 4.79 Å². The quantitative estimate of drug-likeness (QED) is 0.485. The minimum atomic E-state index is -0.111. The van der Waals surface area contributed by atoms with Gasteiger partial charge in [-0.15, -0.1) is 0 Å². The molecule has 0 saturated carbocycles. The van der Waals surface area contributed by atoms with E-state index in [0.29, 0.717) is 0 Å². The lowest BCUT2D eigenvalue weighted by Gasteiger charge is -1.96. The number of nitrogens with two attached hydrogens (primary N) is 1. The van der Waals surface area contributed by atoms with Gasteiger partial charge in [-0.05, 0) is 12.5 Å². The lowest BCUT2D eigenvalue weighted by atomic mass is 10.2. The summed E-state index contributed by atoms with van der Waals surface area (Å²) in [7, 11) is 1.68. The van der Waals surface area contributed by atoms with Gasteiger partial charge in [0.15, 0.2) is 5.78 Å². The first-order chi connectivity index (χ1) is 5.11. The van der Waals surface area contributed by atoms with Crippen LogP contribution in [0.25, 0.3) is 0 Å². The van der Waals surface area contributed by atoms with E-state index in [1.807, 2.05) is 6.92 Å². The third kappa shape index (κ3) is 3.55. The molecule has 0 aromatic carbocycles. The number of Topliss-reactive ketones (excluding diaryl/α,β-unsaturated/α-hetero) is 1. The summed E-state index contributed by atoms with van der Waals surface area (Å²) in [5.74, 6) is -0.111. The Hall–Kier alpha value is -1.12. The molecule has 0 aromatic rings. The van der Waals surface area contributed by atoms with E-state index in [1.165, 1.54) is 6.92 Å². The van der Waals surface area contributed by atoms with Crippen molar-refractivity contribution in [3.8, 4) is 0 Å². The van der Waals surface area contributed by atoms with Crippen LogP contribution in [0.1, 0.15) is 20.3 Å². The lowest BCUT2D eigenvalue weighted by Crippen LogP contribution is -2.09. The number of nitrogens with zero attached hydrogens (tertiary/aromatic N) is 1. The number of hydrogen-bond donors (Lipinski definition) is 1. The molecule has 0 rings (SSSR count). The molecule has 0 aliphatic carbocycles. The van der Waals surface area contributed by atoms with Gasteiger partial charge in [0.25, 0.3) is 0 Å². The van der Waals surface area contributed by atoms with Crippen LogP contribution >= 0.6 is 0 Å². The molecule has 62 valence electrons. The molecule has 0 aliphatic heterocycles. The number of allylic oxidation sites excluding steroid dienone is 2. The van der Waals surface area contributed by atoms with Crippen molar-refractivity contribution in [2.24, 2.45) is 10.7 Å². The summed E-state index contributed by atoms with van der Waals surface area (Å²) in [6.07, 6.45) is 2.41. The fraction of sp³-hybridized carbons (Fsp3) is 0.500. The smallest absolute Gasteiger partial charge is 0.175 e. The normalized spacial score (nSPS) is 13.4. The van der Waals surface area contributed by atoms with E-state index in [2.05, 4.69) is 4.99 Å². The van der Waals surface area contributed by atoms with Crippen molar-refractivity contribution in [3.63, 3.8) is 0 Å². The summed E-state index contributed by atoms with van der Waals surface area (Å²) in [4.78, 5) is 14.6. The molecule has 0 heterocycles. The molecule has 0 atom stereocenters. The predicted molar refractivity (Wildman–Crippen MR) is 46.6 cm³/mol. The molecule has 0 unspecified atom stereocenters. The molecule has 0 aromatic heterocycles. The first-order valence-electron chi connectivity index (χ1n) is 3.55. The second-order valence-corrected chi connectivity index (χ2v) is 2.22. The Labute approximate surface area is 67.0 Å². The Morgan fingerprint density at radius 3 is 2.45 bits per heavy atom. The van der Waals surface area contributed by atoms with Crippen LogP contribution in [-0.2, 0) is 4.79 Å². The number of hydrogen-bond acceptors (Lipinski definition) is 3. The van der Waals surface area contributed by atoms with Crippen molar-refractivity contribution in [2.45, 2.75) is 20.3 Å². The van der Waals surface area contributed by atoms with Gasteiger partial charge in [0.2, 0.25) is 0 Å². The average Bonchev–Trinajstić information content (AvgIpc) is 1.99. The largest absolute Gasteiger partial charge is 0.396 e. The zero-order valence-corrected chi connectivity index (χ0v) is 7.22. The Kier molecular flexibility index (Phi) is 4.18. The SMILES string of the molecule is CCC(C=C(N)C(C)=O)=NC.